The first-order valence-electron chi connectivity index (χ1n) is 8.34. The average molecular weight is 319 g/mol. The molecular formula is C18H25NO4. The molecule has 0 aromatic heterocycles. The van der Waals surface area contributed by atoms with Crippen molar-refractivity contribution in [3.63, 3.8) is 0 Å². The normalized spacial score (nSPS) is 27.2. The Hall–Kier alpha value is -1.43. The molecule has 2 fully saturated rings. The van der Waals surface area contributed by atoms with E-state index in [1.807, 2.05) is 43.0 Å². The van der Waals surface area contributed by atoms with Crippen LogP contribution < -0.4 is 0 Å². The van der Waals surface area contributed by atoms with Gasteiger partial charge >= 0.3 is 0 Å². The number of piperidine rings is 1. The fourth-order valence-corrected chi connectivity index (χ4v) is 3.43. The minimum atomic E-state index is -0.625. The molecule has 0 saturated carbocycles. The molecule has 126 valence electrons. The molecule has 1 N–H and O–H groups in total. The number of hydrogen-bond donors (Lipinski definition) is 1. The van der Waals surface area contributed by atoms with Crippen LogP contribution in [0.3, 0.4) is 0 Å². The maximum absolute atomic E-state index is 13.0. The topological polar surface area (TPSA) is 59.0 Å². The van der Waals surface area contributed by atoms with E-state index in [9.17, 15) is 9.90 Å². The molecule has 2 atom stereocenters. The molecule has 0 aliphatic carbocycles. The van der Waals surface area contributed by atoms with Crippen molar-refractivity contribution in [3.05, 3.63) is 35.4 Å². The molecule has 2 unspecified atom stereocenters. The fraction of sp³-hybridized carbons (Fsp3) is 0.611. The summed E-state index contributed by atoms with van der Waals surface area (Å²) < 4.78 is 11.6. The highest BCUT2D eigenvalue weighted by Crippen LogP contribution is 2.35. The first-order chi connectivity index (χ1) is 11.0. The third-order valence-electron chi connectivity index (χ3n) is 4.65. The highest BCUT2D eigenvalue weighted by atomic mass is 16.7. The number of aliphatic hydroxyl groups excluding tert-OH is 1. The molecule has 2 heterocycles. The predicted octanol–water partition coefficient (Wildman–Crippen LogP) is 2.50. The number of carbonyl (C=O) groups excluding carboxylic acids is 1. The Balaban J connectivity index is 1.86. The standard InChI is InChI=1S/C18H25NO4/c1-18(2)22-12-16(23-18)14-8-3-4-9-15(14)17(21)19-10-6-5-7-13(19)11-20/h3-4,8-9,13,16,20H,5-7,10-12H2,1-2H3. The minimum Gasteiger partial charge on any atom is -0.394 e. The van der Waals surface area contributed by atoms with Crippen LogP contribution in [0.2, 0.25) is 0 Å². The second-order valence-electron chi connectivity index (χ2n) is 6.74. The van der Waals surface area contributed by atoms with Crippen molar-refractivity contribution in [1.29, 1.82) is 0 Å². The zero-order valence-corrected chi connectivity index (χ0v) is 13.8. The van der Waals surface area contributed by atoms with E-state index in [-0.39, 0.29) is 24.7 Å². The van der Waals surface area contributed by atoms with Crippen molar-refractivity contribution in [2.75, 3.05) is 19.8 Å². The molecule has 5 heteroatoms. The molecule has 2 saturated heterocycles. The van der Waals surface area contributed by atoms with Crippen molar-refractivity contribution >= 4 is 5.91 Å². The van der Waals surface area contributed by atoms with Crippen LogP contribution in [0.4, 0.5) is 0 Å². The van der Waals surface area contributed by atoms with Crippen LogP contribution in [-0.4, -0.2) is 47.5 Å². The third-order valence-corrected chi connectivity index (χ3v) is 4.65. The summed E-state index contributed by atoms with van der Waals surface area (Å²) in [6.45, 7) is 4.92. The number of carbonyl (C=O) groups is 1. The Labute approximate surface area is 137 Å². The molecule has 23 heavy (non-hydrogen) atoms. The van der Waals surface area contributed by atoms with Gasteiger partial charge in [0.2, 0.25) is 0 Å². The number of hydrogen-bond acceptors (Lipinski definition) is 4. The maximum Gasteiger partial charge on any atom is 0.254 e. The summed E-state index contributed by atoms with van der Waals surface area (Å²) in [4.78, 5) is 14.8. The average Bonchev–Trinajstić information content (AvgIpc) is 2.94. The van der Waals surface area contributed by atoms with Gasteiger partial charge in [0.15, 0.2) is 5.79 Å². The SMILES string of the molecule is CC1(C)OCC(c2ccccc2C(=O)N2CCCCC2CO)O1. The van der Waals surface area contributed by atoms with Crippen LogP contribution in [0.1, 0.15) is 55.1 Å². The van der Waals surface area contributed by atoms with Gasteiger partial charge in [0, 0.05) is 12.1 Å². The van der Waals surface area contributed by atoms with E-state index < -0.39 is 5.79 Å². The lowest BCUT2D eigenvalue weighted by Gasteiger charge is -2.35. The number of amides is 1. The Bertz CT molecular complexity index is 572. The van der Waals surface area contributed by atoms with Crippen molar-refractivity contribution in [1.82, 2.24) is 4.90 Å². The number of benzene rings is 1. The summed E-state index contributed by atoms with van der Waals surface area (Å²) in [6, 6.07) is 7.48. The minimum absolute atomic E-state index is 0.0178. The van der Waals surface area contributed by atoms with E-state index in [1.54, 1.807) is 0 Å². The Morgan fingerprint density at radius 2 is 2.13 bits per heavy atom. The summed E-state index contributed by atoms with van der Waals surface area (Å²) in [7, 11) is 0. The first kappa shape index (κ1) is 16.4. The summed E-state index contributed by atoms with van der Waals surface area (Å²) in [5.41, 5.74) is 1.52. The number of ether oxygens (including phenoxy) is 2. The molecule has 1 amide bonds. The van der Waals surface area contributed by atoms with Gasteiger partial charge in [-0.3, -0.25) is 4.79 Å². The van der Waals surface area contributed by atoms with Crippen LogP contribution >= 0.6 is 0 Å². The van der Waals surface area contributed by atoms with Gasteiger partial charge in [0.05, 0.1) is 19.3 Å². The summed E-state index contributed by atoms with van der Waals surface area (Å²) in [5, 5.41) is 9.57. The van der Waals surface area contributed by atoms with E-state index in [0.29, 0.717) is 18.7 Å². The molecule has 1 aromatic carbocycles. The number of likely N-dealkylation sites (tertiary alicyclic amines) is 1. The van der Waals surface area contributed by atoms with Crippen molar-refractivity contribution in [2.45, 2.75) is 51.0 Å². The Morgan fingerprint density at radius 1 is 1.35 bits per heavy atom. The summed E-state index contributed by atoms with van der Waals surface area (Å²) >= 11 is 0. The first-order valence-corrected chi connectivity index (χ1v) is 8.34. The monoisotopic (exact) mass is 319 g/mol. The van der Waals surface area contributed by atoms with Crippen LogP contribution in [0.25, 0.3) is 0 Å². The molecular weight excluding hydrogens is 294 g/mol. The molecule has 3 rings (SSSR count). The number of nitrogens with zero attached hydrogens (tertiary/aromatic N) is 1. The third kappa shape index (κ3) is 3.42. The number of rotatable bonds is 3. The Morgan fingerprint density at radius 3 is 2.83 bits per heavy atom. The zero-order chi connectivity index (χ0) is 16.4. The molecule has 1 aromatic rings. The van der Waals surface area contributed by atoms with E-state index in [1.165, 1.54) is 0 Å². The quantitative estimate of drug-likeness (QED) is 0.930. The molecule has 0 radical (unpaired) electrons. The second kappa shape index (κ2) is 6.59. The van der Waals surface area contributed by atoms with Gasteiger partial charge in [-0.15, -0.1) is 0 Å². The van der Waals surface area contributed by atoms with Gasteiger partial charge in [-0.1, -0.05) is 18.2 Å². The highest BCUT2D eigenvalue weighted by Gasteiger charge is 2.36. The van der Waals surface area contributed by atoms with E-state index in [2.05, 4.69) is 0 Å². The lowest BCUT2D eigenvalue weighted by molar-refractivity contribution is -0.139. The van der Waals surface area contributed by atoms with Crippen LogP contribution in [0.15, 0.2) is 24.3 Å². The van der Waals surface area contributed by atoms with Crippen molar-refractivity contribution < 1.29 is 19.4 Å². The lowest BCUT2D eigenvalue weighted by atomic mass is 9.97. The van der Waals surface area contributed by atoms with Crippen LogP contribution in [0, 0.1) is 0 Å². The molecule has 5 nitrogen and oxygen atoms in total. The van der Waals surface area contributed by atoms with Gasteiger partial charge in [0.25, 0.3) is 5.91 Å². The van der Waals surface area contributed by atoms with Crippen LogP contribution in [-0.2, 0) is 9.47 Å². The van der Waals surface area contributed by atoms with Crippen LogP contribution in [0.5, 0.6) is 0 Å². The molecule has 0 spiro atoms. The maximum atomic E-state index is 13.0. The lowest BCUT2D eigenvalue weighted by Crippen LogP contribution is -2.46. The zero-order valence-electron chi connectivity index (χ0n) is 13.8. The molecule has 0 bridgehead atoms. The molecule has 2 aliphatic rings. The second-order valence-corrected chi connectivity index (χ2v) is 6.74. The number of aliphatic hydroxyl groups is 1. The van der Waals surface area contributed by atoms with Gasteiger partial charge in [-0.2, -0.15) is 0 Å². The van der Waals surface area contributed by atoms with Gasteiger partial charge in [0.1, 0.15) is 6.10 Å². The molecule has 2 aliphatic heterocycles. The van der Waals surface area contributed by atoms with E-state index in [0.717, 1.165) is 24.8 Å². The smallest absolute Gasteiger partial charge is 0.254 e. The Kier molecular flexibility index (Phi) is 4.71. The predicted molar refractivity (Wildman–Crippen MR) is 86.1 cm³/mol. The summed E-state index contributed by atoms with van der Waals surface area (Å²) in [6.07, 6.45) is 2.67. The van der Waals surface area contributed by atoms with Crippen molar-refractivity contribution in [2.24, 2.45) is 0 Å². The fourth-order valence-electron chi connectivity index (χ4n) is 3.43. The largest absolute Gasteiger partial charge is 0.394 e. The van der Waals surface area contributed by atoms with Gasteiger partial charge in [-0.05, 0) is 44.7 Å². The van der Waals surface area contributed by atoms with Gasteiger partial charge in [-0.25, -0.2) is 0 Å². The van der Waals surface area contributed by atoms with Crippen molar-refractivity contribution in [3.8, 4) is 0 Å². The van der Waals surface area contributed by atoms with Gasteiger partial charge < -0.3 is 19.5 Å². The highest BCUT2D eigenvalue weighted by molar-refractivity contribution is 5.96. The van der Waals surface area contributed by atoms with E-state index >= 15 is 0 Å². The van der Waals surface area contributed by atoms with E-state index in [4.69, 9.17) is 9.47 Å². The summed E-state index contributed by atoms with van der Waals surface area (Å²) in [5.74, 6) is -0.646.